The highest BCUT2D eigenvalue weighted by Crippen LogP contribution is 2.19. The molecule has 0 bridgehead atoms. The van der Waals surface area contributed by atoms with E-state index in [4.69, 9.17) is 0 Å². The molecule has 0 aromatic heterocycles. The zero-order chi connectivity index (χ0) is 12.0. The molecule has 0 unspecified atom stereocenters. The molecule has 2 aromatic carbocycles. The van der Waals surface area contributed by atoms with Gasteiger partial charge in [0.1, 0.15) is 6.26 Å². The molecule has 0 atom stereocenters. The predicted octanol–water partition coefficient (Wildman–Crippen LogP) is 4.15. The Morgan fingerprint density at radius 3 is 2.31 bits per heavy atom. The lowest BCUT2D eigenvalue weighted by molar-refractivity contribution is -0.0611. The number of halogens is 3. The van der Waals surface area contributed by atoms with Crippen molar-refractivity contribution < 1.29 is 18.2 Å². The predicted molar refractivity (Wildman–Crippen MR) is 56.3 cm³/mol. The van der Waals surface area contributed by atoms with E-state index in [2.05, 4.69) is 11.5 Å². The van der Waals surface area contributed by atoms with Crippen LogP contribution >= 0.6 is 0 Å². The van der Waals surface area contributed by atoms with E-state index >= 15 is 0 Å². The normalized spacial score (nSPS) is 9.19. The van der Waals surface area contributed by atoms with Crippen molar-refractivity contribution in [3.05, 3.63) is 60.9 Å². The van der Waals surface area contributed by atoms with Crippen LogP contribution in [-0.2, 0) is 4.94 Å². The van der Waals surface area contributed by atoms with Crippen LogP contribution in [0.25, 0.3) is 10.8 Å². The van der Waals surface area contributed by atoms with Gasteiger partial charge in [-0.3, -0.25) is 0 Å². The molecule has 0 saturated carbocycles. The van der Waals surface area contributed by atoms with Crippen LogP contribution in [0.2, 0.25) is 0 Å². The van der Waals surface area contributed by atoms with Crippen molar-refractivity contribution >= 4 is 10.8 Å². The summed E-state index contributed by atoms with van der Waals surface area (Å²) in [5, 5.41) is 1.05. The zero-order valence-electron chi connectivity index (χ0n) is 8.29. The first-order valence-electron chi connectivity index (χ1n) is 4.41. The fourth-order valence-electron chi connectivity index (χ4n) is 1.21. The maximum absolute atomic E-state index is 13.0. The lowest BCUT2D eigenvalue weighted by atomic mass is 10.1. The number of hydrogen-bond acceptors (Lipinski definition) is 1. The van der Waals surface area contributed by atoms with Crippen LogP contribution < -0.4 is 0 Å². The highest BCUT2D eigenvalue weighted by molar-refractivity contribution is 5.82. The van der Waals surface area contributed by atoms with Crippen molar-refractivity contribution in [3.8, 4) is 0 Å². The Bertz CT molecular complexity index is 483. The van der Waals surface area contributed by atoms with Gasteiger partial charge in [0.25, 0.3) is 0 Å². The molecule has 0 aliphatic heterocycles. The molecule has 0 spiro atoms. The second kappa shape index (κ2) is 5.80. The van der Waals surface area contributed by atoms with Crippen LogP contribution in [0.3, 0.4) is 0 Å². The van der Waals surface area contributed by atoms with E-state index in [0.717, 1.165) is 11.5 Å². The highest BCUT2D eigenvalue weighted by atomic mass is 19.3. The first-order valence-corrected chi connectivity index (χ1v) is 4.41. The standard InChI is InChI=1S/C10H6F2.C2H3FO/c11-9-6-5-7-3-1-2-4-8(7)10(9)12;1-2-4-3/h1-6H;2H,1H2. The van der Waals surface area contributed by atoms with Crippen molar-refractivity contribution in [1.82, 2.24) is 0 Å². The fourth-order valence-corrected chi connectivity index (χ4v) is 1.21. The third-order valence-corrected chi connectivity index (χ3v) is 1.88. The first kappa shape index (κ1) is 12.1. The molecule has 2 aromatic rings. The first-order chi connectivity index (χ1) is 7.70. The molecule has 84 valence electrons. The van der Waals surface area contributed by atoms with Gasteiger partial charge in [-0.1, -0.05) is 36.9 Å². The van der Waals surface area contributed by atoms with Crippen LogP contribution in [0.1, 0.15) is 0 Å². The lowest BCUT2D eigenvalue weighted by Gasteiger charge is -1.98. The average Bonchev–Trinajstić information content (AvgIpc) is 2.35. The molecule has 0 amide bonds. The lowest BCUT2D eigenvalue weighted by Crippen LogP contribution is -1.84. The number of fused-ring (bicyclic) bond motifs is 1. The van der Waals surface area contributed by atoms with E-state index in [1.165, 1.54) is 0 Å². The summed E-state index contributed by atoms with van der Waals surface area (Å²) in [7, 11) is 0. The second-order valence-corrected chi connectivity index (χ2v) is 2.84. The summed E-state index contributed by atoms with van der Waals surface area (Å²) in [4.78, 5) is 2.81. The van der Waals surface area contributed by atoms with Crippen LogP contribution in [0.15, 0.2) is 49.2 Å². The van der Waals surface area contributed by atoms with Crippen molar-refractivity contribution in [2.24, 2.45) is 0 Å². The molecular formula is C12H9F3O. The number of rotatable bonds is 1. The molecular weight excluding hydrogens is 217 g/mol. The SMILES string of the molecule is C=COF.Fc1ccc2ccccc2c1F. The molecule has 16 heavy (non-hydrogen) atoms. The minimum Gasteiger partial charge on any atom is -0.303 e. The van der Waals surface area contributed by atoms with Gasteiger partial charge in [-0.05, 0) is 11.5 Å². The van der Waals surface area contributed by atoms with Crippen molar-refractivity contribution in [2.45, 2.75) is 0 Å². The molecule has 0 radical (unpaired) electrons. The van der Waals surface area contributed by atoms with E-state index in [0.29, 0.717) is 11.6 Å². The van der Waals surface area contributed by atoms with Crippen molar-refractivity contribution in [1.29, 1.82) is 0 Å². The number of benzene rings is 2. The van der Waals surface area contributed by atoms with E-state index in [-0.39, 0.29) is 0 Å². The largest absolute Gasteiger partial charge is 0.303 e. The molecule has 0 saturated heterocycles. The summed E-state index contributed by atoms with van der Waals surface area (Å²) in [6.07, 6.45) is 0.708. The van der Waals surface area contributed by atoms with E-state index in [9.17, 15) is 13.3 Å². The molecule has 0 heterocycles. The average molecular weight is 226 g/mol. The summed E-state index contributed by atoms with van der Waals surface area (Å²) in [5.41, 5.74) is 0. The van der Waals surface area contributed by atoms with Gasteiger partial charge < -0.3 is 4.94 Å². The fraction of sp³-hybridized carbons (Fsp3) is 0. The van der Waals surface area contributed by atoms with Crippen molar-refractivity contribution in [3.63, 3.8) is 0 Å². The maximum Gasteiger partial charge on any atom is 0.166 e. The summed E-state index contributed by atoms with van der Waals surface area (Å²) in [5.74, 6) is -1.57. The van der Waals surface area contributed by atoms with E-state index in [1.807, 2.05) is 0 Å². The summed E-state index contributed by atoms with van der Waals surface area (Å²) < 4.78 is 35.8. The quantitative estimate of drug-likeness (QED) is 0.664. The van der Waals surface area contributed by atoms with E-state index < -0.39 is 11.6 Å². The molecule has 0 N–H and O–H groups in total. The molecule has 0 fully saturated rings. The maximum atomic E-state index is 13.0. The van der Waals surface area contributed by atoms with Gasteiger partial charge in [-0.2, -0.15) is 0 Å². The smallest absolute Gasteiger partial charge is 0.166 e. The van der Waals surface area contributed by atoms with Crippen LogP contribution in [0.4, 0.5) is 13.3 Å². The third kappa shape index (κ3) is 2.76. The van der Waals surface area contributed by atoms with E-state index in [1.54, 1.807) is 30.3 Å². The van der Waals surface area contributed by atoms with Gasteiger partial charge in [0, 0.05) is 9.91 Å². The second-order valence-electron chi connectivity index (χ2n) is 2.84. The molecule has 1 nitrogen and oxygen atoms in total. The minimum atomic E-state index is -0.797. The Morgan fingerprint density at radius 1 is 1.06 bits per heavy atom. The van der Waals surface area contributed by atoms with Gasteiger partial charge in [-0.15, -0.1) is 0 Å². The monoisotopic (exact) mass is 226 g/mol. The minimum absolute atomic E-state index is 0.331. The Kier molecular flexibility index (Phi) is 4.39. The van der Waals surface area contributed by atoms with Gasteiger partial charge in [-0.25, -0.2) is 8.78 Å². The van der Waals surface area contributed by atoms with Gasteiger partial charge >= 0.3 is 0 Å². The Labute approximate surface area is 90.7 Å². The molecule has 0 aliphatic carbocycles. The van der Waals surface area contributed by atoms with Gasteiger partial charge in [0.15, 0.2) is 11.6 Å². The molecule has 0 aliphatic rings. The van der Waals surface area contributed by atoms with Crippen molar-refractivity contribution in [2.75, 3.05) is 0 Å². The Hall–Kier alpha value is -1.97. The Balaban J connectivity index is 0.000000280. The van der Waals surface area contributed by atoms with Gasteiger partial charge in [0.05, 0.1) is 0 Å². The van der Waals surface area contributed by atoms with Crippen LogP contribution in [-0.4, -0.2) is 0 Å². The topological polar surface area (TPSA) is 9.23 Å². The van der Waals surface area contributed by atoms with Gasteiger partial charge in [0.2, 0.25) is 0 Å². The highest BCUT2D eigenvalue weighted by Gasteiger charge is 2.04. The Morgan fingerprint density at radius 2 is 1.69 bits per heavy atom. The third-order valence-electron chi connectivity index (χ3n) is 1.88. The summed E-state index contributed by atoms with van der Waals surface area (Å²) >= 11 is 0. The molecule has 4 heteroatoms. The summed E-state index contributed by atoms with van der Waals surface area (Å²) in [6, 6.07) is 9.49. The summed E-state index contributed by atoms with van der Waals surface area (Å²) in [6.45, 7) is 2.88. The molecule has 2 rings (SSSR count). The number of hydrogen-bond donors (Lipinski definition) is 0. The van der Waals surface area contributed by atoms with Crippen LogP contribution in [0, 0.1) is 11.6 Å². The zero-order valence-corrected chi connectivity index (χ0v) is 8.29. The van der Waals surface area contributed by atoms with Crippen LogP contribution in [0.5, 0.6) is 0 Å².